The summed E-state index contributed by atoms with van der Waals surface area (Å²) in [5, 5.41) is 1.75. The second-order valence-electron chi connectivity index (χ2n) is 5.43. The Balaban J connectivity index is 1.59. The summed E-state index contributed by atoms with van der Waals surface area (Å²) in [6, 6.07) is 10.7. The normalized spacial score (nSPS) is 13.9. The maximum absolute atomic E-state index is 12.2. The van der Waals surface area contributed by atoms with Crippen molar-refractivity contribution < 1.29 is 8.42 Å². The average Bonchev–Trinajstić information content (AvgIpc) is 3.26. The number of imidazole rings is 1. The number of aromatic nitrogens is 2. The molecule has 0 fully saturated rings. The van der Waals surface area contributed by atoms with Gasteiger partial charge in [-0.2, -0.15) is 0 Å². The summed E-state index contributed by atoms with van der Waals surface area (Å²) >= 11 is 1.20. The van der Waals surface area contributed by atoms with E-state index in [2.05, 4.69) is 14.3 Å². The van der Waals surface area contributed by atoms with Gasteiger partial charge in [0.05, 0.1) is 11.9 Å². The van der Waals surface area contributed by atoms with Gasteiger partial charge >= 0.3 is 0 Å². The quantitative estimate of drug-likeness (QED) is 0.788. The largest absolute Gasteiger partial charge is 0.328 e. The first-order valence-electron chi connectivity index (χ1n) is 7.35. The van der Waals surface area contributed by atoms with Crippen molar-refractivity contribution in [2.24, 2.45) is 0 Å². The third kappa shape index (κ3) is 2.66. The summed E-state index contributed by atoms with van der Waals surface area (Å²) in [4.78, 5) is 4.44. The lowest BCUT2D eigenvalue weighted by atomic mass is 10.1. The molecule has 7 heteroatoms. The maximum atomic E-state index is 12.2. The molecule has 0 radical (unpaired) electrons. The Labute approximate surface area is 138 Å². The molecule has 1 aliphatic heterocycles. The highest BCUT2D eigenvalue weighted by molar-refractivity contribution is 7.94. The van der Waals surface area contributed by atoms with Crippen LogP contribution in [0.3, 0.4) is 0 Å². The number of rotatable bonds is 4. The van der Waals surface area contributed by atoms with Crippen LogP contribution in [0.5, 0.6) is 0 Å². The first-order chi connectivity index (χ1) is 11.1. The minimum absolute atomic E-state index is 0.315. The van der Waals surface area contributed by atoms with E-state index in [0.29, 0.717) is 9.90 Å². The lowest BCUT2D eigenvalue weighted by molar-refractivity contribution is 0.603. The van der Waals surface area contributed by atoms with Gasteiger partial charge in [-0.1, -0.05) is 18.2 Å². The molecule has 0 saturated heterocycles. The Bertz CT molecular complexity index is 926. The fourth-order valence-electron chi connectivity index (χ4n) is 2.82. The van der Waals surface area contributed by atoms with Crippen LogP contribution in [0.15, 0.2) is 52.2 Å². The average molecular weight is 345 g/mol. The molecular weight excluding hydrogens is 330 g/mol. The summed E-state index contributed by atoms with van der Waals surface area (Å²) in [7, 11) is -3.50. The van der Waals surface area contributed by atoms with Crippen molar-refractivity contribution in [1.29, 1.82) is 0 Å². The van der Waals surface area contributed by atoms with Crippen LogP contribution in [-0.2, 0) is 23.0 Å². The van der Waals surface area contributed by atoms with Crippen LogP contribution in [0.2, 0.25) is 0 Å². The number of anilines is 1. The number of sulfonamides is 1. The van der Waals surface area contributed by atoms with E-state index < -0.39 is 10.0 Å². The van der Waals surface area contributed by atoms with E-state index in [0.717, 1.165) is 36.5 Å². The molecular formula is C16H15N3O2S2. The predicted octanol–water partition coefficient (Wildman–Crippen LogP) is 3.36. The second-order valence-corrected chi connectivity index (χ2v) is 8.29. The van der Waals surface area contributed by atoms with Gasteiger partial charge < -0.3 is 4.57 Å². The molecule has 5 nitrogen and oxygen atoms in total. The Hall–Kier alpha value is -2.12. The van der Waals surface area contributed by atoms with Gasteiger partial charge in [0.25, 0.3) is 10.0 Å². The maximum Gasteiger partial charge on any atom is 0.271 e. The molecule has 23 heavy (non-hydrogen) atoms. The van der Waals surface area contributed by atoms with Gasteiger partial charge in [-0.05, 0) is 35.6 Å². The fourth-order valence-corrected chi connectivity index (χ4v) is 4.87. The standard InChI is InChI=1S/C16H15N3O2S2/c20-23(21,16-4-2-10-22-16)18-13-7-5-12(6-8-13)14-11-17-15-3-1-9-19(14)15/h2,4-8,10-11,18H,1,3,9H2. The minimum Gasteiger partial charge on any atom is -0.328 e. The van der Waals surface area contributed by atoms with Crippen LogP contribution in [-0.4, -0.2) is 18.0 Å². The molecule has 2 aromatic heterocycles. The lowest BCUT2D eigenvalue weighted by Crippen LogP contribution is -2.11. The monoisotopic (exact) mass is 345 g/mol. The molecule has 0 amide bonds. The third-order valence-corrected chi connectivity index (χ3v) is 6.69. The highest BCUT2D eigenvalue weighted by Gasteiger charge is 2.17. The van der Waals surface area contributed by atoms with Gasteiger partial charge in [-0.25, -0.2) is 13.4 Å². The smallest absolute Gasteiger partial charge is 0.271 e. The van der Waals surface area contributed by atoms with E-state index in [9.17, 15) is 8.42 Å². The molecule has 0 spiro atoms. The van der Waals surface area contributed by atoms with Crippen molar-refractivity contribution >= 4 is 27.0 Å². The SMILES string of the molecule is O=S(=O)(Nc1ccc(-c2cnc3n2CCC3)cc1)c1cccs1. The van der Waals surface area contributed by atoms with Crippen molar-refractivity contribution in [2.75, 3.05) is 4.72 Å². The van der Waals surface area contributed by atoms with Gasteiger partial charge in [-0.15, -0.1) is 11.3 Å². The third-order valence-electron chi connectivity index (χ3n) is 3.91. The molecule has 0 aliphatic carbocycles. The lowest BCUT2D eigenvalue weighted by Gasteiger charge is -2.08. The van der Waals surface area contributed by atoms with E-state index in [4.69, 9.17) is 0 Å². The second kappa shape index (κ2) is 5.50. The van der Waals surface area contributed by atoms with Crippen LogP contribution in [0.4, 0.5) is 5.69 Å². The van der Waals surface area contributed by atoms with E-state index >= 15 is 0 Å². The van der Waals surface area contributed by atoms with Crippen molar-refractivity contribution in [3.63, 3.8) is 0 Å². The Morgan fingerprint density at radius 3 is 2.74 bits per heavy atom. The van der Waals surface area contributed by atoms with E-state index in [-0.39, 0.29) is 0 Å². The summed E-state index contributed by atoms with van der Waals surface area (Å²) in [5.74, 6) is 1.13. The van der Waals surface area contributed by atoms with Crippen LogP contribution in [0.1, 0.15) is 12.2 Å². The number of nitrogens with zero attached hydrogens (tertiary/aromatic N) is 2. The topological polar surface area (TPSA) is 64.0 Å². The molecule has 0 bridgehead atoms. The first-order valence-corrected chi connectivity index (χ1v) is 9.71. The van der Waals surface area contributed by atoms with Crippen molar-refractivity contribution in [2.45, 2.75) is 23.6 Å². The highest BCUT2D eigenvalue weighted by atomic mass is 32.2. The first kappa shape index (κ1) is 14.5. The number of aryl methyl sites for hydroxylation is 1. The molecule has 118 valence electrons. The summed E-state index contributed by atoms with van der Waals surface area (Å²) in [6.45, 7) is 0.997. The van der Waals surface area contributed by atoms with Crippen LogP contribution < -0.4 is 4.72 Å². The molecule has 1 N–H and O–H groups in total. The number of thiophene rings is 1. The Morgan fingerprint density at radius 1 is 1.17 bits per heavy atom. The van der Waals surface area contributed by atoms with Crippen molar-refractivity contribution in [1.82, 2.24) is 9.55 Å². The number of nitrogens with one attached hydrogen (secondary N) is 1. The van der Waals surface area contributed by atoms with Crippen molar-refractivity contribution in [3.8, 4) is 11.3 Å². The number of benzene rings is 1. The van der Waals surface area contributed by atoms with Crippen molar-refractivity contribution in [3.05, 3.63) is 53.8 Å². The summed E-state index contributed by atoms with van der Waals surface area (Å²) in [5.41, 5.74) is 2.69. The molecule has 1 aromatic carbocycles. The molecule has 1 aliphatic rings. The molecule has 0 saturated carbocycles. The zero-order chi connectivity index (χ0) is 15.9. The van der Waals surface area contributed by atoms with Gasteiger partial charge in [0.1, 0.15) is 10.0 Å². The molecule has 0 atom stereocenters. The number of hydrogen-bond acceptors (Lipinski definition) is 4. The zero-order valence-corrected chi connectivity index (χ0v) is 13.9. The van der Waals surface area contributed by atoms with Gasteiger partial charge in [0.2, 0.25) is 0 Å². The van der Waals surface area contributed by atoms with Gasteiger partial charge in [0.15, 0.2) is 0 Å². The van der Waals surface area contributed by atoms with E-state index in [1.807, 2.05) is 18.3 Å². The molecule has 3 heterocycles. The molecule has 4 rings (SSSR count). The fraction of sp³-hybridized carbons (Fsp3) is 0.188. The summed E-state index contributed by atoms with van der Waals surface area (Å²) in [6.07, 6.45) is 4.05. The van der Waals surface area contributed by atoms with E-state index in [1.165, 1.54) is 11.3 Å². The molecule has 3 aromatic rings. The predicted molar refractivity (Wildman–Crippen MR) is 91.1 cm³/mol. The molecule has 0 unspecified atom stereocenters. The number of hydrogen-bond donors (Lipinski definition) is 1. The van der Waals surface area contributed by atoms with Crippen LogP contribution in [0, 0.1) is 0 Å². The zero-order valence-electron chi connectivity index (χ0n) is 12.3. The van der Waals surface area contributed by atoms with Gasteiger partial charge in [-0.3, -0.25) is 4.72 Å². The van der Waals surface area contributed by atoms with Gasteiger partial charge in [0, 0.05) is 18.7 Å². The van der Waals surface area contributed by atoms with E-state index in [1.54, 1.807) is 29.6 Å². The van der Waals surface area contributed by atoms with Crippen LogP contribution >= 0.6 is 11.3 Å². The Morgan fingerprint density at radius 2 is 2.00 bits per heavy atom. The van der Waals surface area contributed by atoms with Crippen LogP contribution in [0.25, 0.3) is 11.3 Å². The number of fused-ring (bicyclic) bond motifs is 1. The highest BCUT2D eigenvalue weighted by Crippen LogP contribution is 2.27. The summed E-state index contributed by atoms with van der Waals surface area (Å²) < 4.78 is 29.6. The minimum atomic E-state index is -3.50. The Kier molecular flexibility index (Phi) is 3.46.